The molecule has 2 rings (SSSR count). The highest BCUT2D eigenvalue weighted by Gasteiger charge is 2.29. The molecular formula is C12H16FNOS. The van der Waals surface area contributed by atoms with Crippen molar-refractivity contribution < 1.29 is 8.60 Å². The minimum atomic E-state index is -1.07. The maximum absolute atomic E-state index is 13.2. The normalized spacial score (nSPS) is 28.8. The largest absolute Gasteiger partial charge is 0.310 e. The zero-order chi connectivity index (χ0) is 11.7. The molecule has 1 aromatic carbocycles. The van der Waals surface area contributed by atoms with E-state index in [0.717, 1.165) is 18.5 Å². The average Bonchev–Trinajstić information content (AvgIpc) is 2.26. The number of benzene rings is 1. The van der Waals surface area contributed by atoms with Gasteiger partial charge >= 0.3 is 0 Å². The second-order valence-corrected chi connectivity index (χ2v) is 5.98. The Kier molecular flexibility index (Phi) is 3.40. The van der Waals surface area contributed by atoms with Crippen molar-refractivity contribution in [2.45, 2.75) is 36.5 Å². The Bertz CT molecular complexity index is 421. The number of halogens is 1. The van der Waals surface area contributed by atoms with Crippen molar-refractivity contribution in [3.05, 3.63) is 29.6 Å². The van der Waals surface area contributed by atoms with Gasteiger partial charge in [0.2, 0.25) is 0 Å². The molecule has 0 fully saturated rings. The lowest BCUT2D eigenvalue weighted by Gasteiger charge is -2.29. The number of nitrogens with one attached hydrogen (secondary N) is 1. The molecule has 3 unspecified atom stereocenters. The van der Waals surface area contributed by atoms with Crippen molar-refractivity contribution >= 4 is 10.8 Å². The second-order valence-electron chi connectivity index (χ2n) is 4.14. The van der Waals surface area contributed by atoms with E-state index < -0.39 is 10.8 Å². The van der Waals surface area contributed by atoms with Gasteiger partial charge in [0.1, 0.15) is 5.82 Å². The van der Waals surface area contributed by atoms with E-state index in [1.54, 1.807) is 6.07 Å². The summed E-state index contributed by atoms with van der Waals surface area (Å²) in [5, 5.41) is 3.44. The van der Waals surface area contributed by atoms with Gasteiger partial charge in [-0.2, -0.15) is 0 Å². The number of fused-ring (bicyclic) bond motifs is 1. The molecule has 3 atom stereocenters. The van der Waals surface area contributed by atoms with Crippen LogP contribution in [0.1, 0.15) is 31.9 Å². The molecule has 1 aromatic rings. The number of hydrogen-bond acceptors (Lipinski definition) is 2. The Morgan fingerprint density at radius 1 is 1.56 bits per heavy atom. The van der Waals surface area contributed by atoms with E-state index in [1.807, 2.05) is 13.8 Å². The minimum Gasteiger partial charge on any atom is -0.310 e. The summed E-state index contributed by atoms with van der Waals surface area (Å²) in [6.07, 6.45) is 0.846. The van der Waals surface area contributed by atoms with Crippen LogP contribution in [-0.2, 0) is 10.8 Å². The van der Waals surface area contributed by atoms with Gasteiger partial charge in [-0.1, -0.05) is 19.9 Å². The highest BCUT2D eigenvalue weighted by Crippen LogP contribution is 2.34. The SMILES string of the molecule is CCNC1CC(C)S(=O)c2cc(F)ccc21. The summed E-state index contributed by atoms with van der Waals surface area (Å²) >= 11 is 0. The van der Waals surface area contributed by atoms with Gasteiger partial charge < -0.3 is 5.32 Å². The standard InChI is InChI=1S/C12H16FNOS/c1-3-14-11-6-8(2)16(15)12-7-9(13)4-5-10(11)12/h4-5,7-8,11,14H,3,6H2,1-2H3. The molecule has 0 saturated carbocycles. The quantitative estimate of drug-likeness (QED) is 0.861. The third-order valence-corrected chi connectivity index (χ3v) is 4.66. The van der Waals surface area contributed by atoms with Crippen molar-refractivity contribution in [2.75, 3.05) is 6.54 Å². The van der Waals surface area contributed by atoms with Gasteiger partial charge in [0.05, 0.1) is 10.8 Å². The number of hydrogen-bond donors (Lipinski definition) is 1. The van der Waals surface area contributed by atoms with Crippen LogP contribution in [0.15, 0.2) is 23.1 Å². The summed E-state index contributed by atoms with van der Waals surface area (Å²) in [6, 6.07) is 4.80. The summed E-state index contributed by atoms with van der Waals surface area (Å²) in [5.41, 5.74) is 0.986. The lowest BCUT2D eigenvalue weighted by molar-refractivity contribution is 0.488. The fraction of sp³-hybridized carbons (Fsp3) is 0.500. The maximum Gasteiger partial charge on any atom is 0.124 e. The van der Waals surface area contributed by atoms with Gasteiger partial charge in [-0.3, -0.25) is 4.21 Å². The van der Waals surface area contributed by atoms with Gasteiger partial charge in [0.25, 0.3) is 0 Å². The van der Waals surface area contributed by atoms with Crippen molar-refractivity contribution in [3.8, 4) is 0 Å². The Morgan fingerprint density at radius 2 is 2.31 bits per heavy atom. The van der Waals surface area contributed by atoms with Crippen LogP contribution in [0.5, 0.6) is 0 Å². The van der Waals surface area contributed by atoms with Crippen LogP contribution in [0.4, 0.5) is 4.39 Å². The summed E-state index contributed by atoms with van der Waals surface area (Å²) in [6.45, 7) is 4.86. The highest BCUT2D eigenvalue weighted by molar-refractivity contribution is 7.85. The zero-order valence-corrected chi connectivity index (χ0v) is 10.3. The summed E-state index contributed by atoms with van der Waals surface area (Å²) < 4.78 is 25.2. The van der Waals surface area contributed by atoms with Crippen LogP contribution in [0.3, 0.4) is 0 Å². The predicted octanol–water partition coefficient (Wildman–Crippen LogP) is 2.38. The Labute approximate surface area is 97.7 Å². The van der Waals surface area contributed by atoms with E-state index >= 15 is 0 Å². The lowest BCUT2D eigenvalue weighted by atomic mass is 10.0. The smallest absolute Gasteiger partial charge is 0.124 e. The lowest BCUT2D eigenvalue weighted by Crippen LogP contribution is -2.31. The summed E-state index contributed by atoms with van der Waals surface area (Å²) in [5.74, 6) is -0.309. The monoisotopic (exact) mass is 241 g/mol. The van der Waals surface area contributed by atoms with Gasteiger partial charge in [0.15, 0.2) is 0 Å². The molecule has 0 aromatic heterocycles. The maximum atomic E-state index is 13.2. The fourth-order valence-electron chi connectivity index (χ4n) is 2.17. The van der Waals surface area contributed by atoms with Crippen LogP contribution >= 0.6 is 0 Å². The van der Waals surface area contributed by atoms with Gasteiger partial charge in [0, 0.05) is 16.2 Å². The van der Waals surface area contributed by atoms with E-state index in [4.69, 9.17) is 0 Å². The van der Waals surface area contributed by atoms with E-state index in [0.29, 0.717) is 4.90 Å². The molecule has 1 aliphatic heterocycles. The minimum absolute atomic E-state index is 0.0818. The molecule has 0 radical (unpaired) electrons. The molecule has 16 heavy (non-hydrogen) atoms. The van der Waals surface area contributed by atoms with E-state index in [1.165, 1.54) is 12.1 Å². The molecular weight excluding hydrogens is 225 g/mol. The molecule has 88 valence electrons. The zero-order valence-electron chi connectivity index (χ0n) is 9.50. The molecule has 1 aliphatic rings. The topological polar surface area (TPSA) is 29.1 Å². The molecule has 0 aliphatic carbocycles. The first-order valence-corrected chi connectivity index (χ1v) is 6.78. The predicted molar refractivity (Wildman–Crippen MR) is 63.3 cm³/mol. The average molecular weight is 241 g/mol. The second kappa shape index (κ2) is 4.63. The summed E-state index contributed by atoms with van der Waals surface area (Å²) in [7, 11) is -1.07. The Hall–Kier alpha value is -0.740. The first kappa shape index (κ1) is 11.7. The van der Waals surface area contributed by atoms with Crippen LogP contribution in [-0.4, -0.2) is 16.0 Å². The van der Waals surface area contributed by atoms with Gasteiger partial charge in [-0.15, -0.1) is 0 Å². The van der Waals surface area contributed by atoms with Crippen LogP contribution in [0, 0.1) is 5.82 Å². The molecule has 2 nitrogen and oxygen atoms in total. The first-order valence-electron chi connectivity index (χ1n) is 5.57. The highest BCUT2D eigenvalue weighted by atomic mass is 32.2. The van der Waals surface area contributed by atoms with Crippen molar-refractivity contribution in [2.24, 2.45) is 0 Å². The van der Waals surface area contributed by atoms with Crippen LogP contribution in [0.25, 0.3) is 0 Å². The molecule has 1 heterocycles. The van der Waals surface area contributed by atoms with Crippen molar-refractivity contribution in [3.63, 3.8) is 0 Å². The fourth-order valence-corrected chi connectivity index (χ4v) is 3.65. The number of rotatable bonds is 2. The molecule has 0 bridgehead atoms. The van der Waals surface area contributed by atoms with Gasteiger partial charge in [-0.05, 0) is 30.7 Å². The molecule has 0 saturated heterocycles. The van der Waals surface area contributed by atoms with Crippen molar-refractivity contribution in [1.82, 2.24) is 5.32 Å². The molecule has 1 N–H and O–H groups in total. The first-order chi connectivity index (χ1) is 7.63. The van der Waals surface area contributed by atoms with E-state index in [-0.39, 0.29) is 17.1 Å². The van der Waals surface area contributed by atoms with Gasteiger partial charge in [-0.25, -0.2) is 4.39 Å². The third kappa shape index (κ3) is 2.04. The van der Waals surface area contributed by atoms with Crippen LogP contribution in [0.2, 0.25) is 0 Å². The molecule has 0 spiro atoms. The van der Waals surface area contributed by atoms with Crippen molar-refractivity contribution in [1.29, 1.82) is 0 Å². The Balaban J connectivity index is 2.45. The molecule has 4 heteroatoms. The Morgan fingerprint density at radius 3 is 3.00 bits per heavy atom. The third-order valence-electron chi connectivity index (χ3n) is 2.95. The molecule has 0 amide bonds. The van der Waals surface area contributed by atoms with E-state index in [2.05, 4.69) is 5.32 Å². The van der Waals surface area contributed by atoms with Crippen LogP contribution < -0.4 is 5.32 Å². The van der Waals surface area contributed by atoms with E-state index in [9.17, 15) is 8.60 Å². The summed E-state index contributed by atoms with van der Waals surface area (Å²) in [4.78, 5) is 0.657.